The summed E-state index contributed by atoms with van der Waals surface area (Å²) in [6.07, 6.45) is 2.39. The monoisotopic (exact) mass is 264 g/mol. The smallest absolute Gasteiger partial charge is 0.220 e. The predicted octanol–water partition coefficient (Wildman–Crippen LogP) is 1.87. The van der Waals surface area contributed by atoms with Crippen LogP contribution in [0.1, 0.15) is 30.9 Å². The third-order valence-electron chi connectivity index (χ3n) is 3.06. The topological polar surface area (TPSA) is 50.4 Å². The molecule has 0 spiro atoms. The molecular weight excluding hydrogens is 240 g/mol. The maximum absolute atomic E-state index is 11.7. The molecule has 0 saturated heterocycles. The molecule has 0 bridgehead atoms. The van der Waals surface area contributed by atoms with E-state index in [0.717, 1.165) is 30.7 Å². The van der Waals surface area contributed by atoms with Crippen LogP contribution in [0.25, 0.3) is 0 Å². The van der Waals surface area contributed by atoms with E-state index in [4.69, 9.17) is 4.74 Å². The minimum absolute atomic E-state index is 0.0826. The van der Waals surface area contributed by atoms with Crippen LogP contribution in [0.2, 0.25) is 0 Å². The second-order valence-electron chi connectivity index (χ2n) is 4.48. The summed E-state index contributed by atoms with van der Waals surface area (Å²) in [5, 5.41) is 5.97. The third kappa shape index (κ3) is 5.30. The van der Waals surface area contributed by atoms with Gasteiger partial charge in [-0.05, 0) is 38.1 Å². The number of hydrogen-bond donors (Lipinski definition) is 2. The first-order valence-electron chi connectivity index (χ1n) is 6.78. The predicted molar refractivity (Wildman–Crippen MR) is 77.4 cm³/mol. The molecule has 4 nitrogen and oxygen atoms in total. The number of nitrogens with one attached hydrogen (secondary N) is 2. The minimum atomic E-state index is 0.0826. The molecule has 19 heavy (non-hydrogen) atoms. The molecular formula is C15H24N2O2. The van der Waals surface area contributed by atoms with Gasteiger partial charge in [0.2, 0.25) is 5.91 Å². The van der Waals surface area contributed by atoms with Gasteiger partial charge in [0.1, 0.15) is 5.75 Å². The second kappa shape index (κ2) is 8.53. The summed E-state index contributed by atoms with van der Waals surface area (Å²) in [5.74, 6) is 0.909. The van der Waals surface area contributed by atoms with Crippen molar-refractivity contribution < 1.29 is 9.53 Å². The van der Waals surface area contributed by atoms with Crippen molar-refractivity contribution in [2.45, 2.75) is 32.7 Å². The Morgan fingerprint density at radius 1 is 1.37 bits per heavy atom. The SMILES string of the molecule is CCc1ccc(OC)c(CNC(=O)CCCNC)c1. The van der Waals surface area contributed by atoms with Gasteiger partial charge in [0.15, 0.2) is 0 Å². The van der Waals surface area contributed by atoms with Gasteiger partial charge in [0, 0.05) is 18.5 Å². The molecule has 1 amide bonds. The minimum Gasteiger partial charge on any atom is -0.496 e. The highest BCUT2D eigenvalue weighted by Gasteiger charge is 2.06. The quantitative estimate of drug-likeness (QED) is 0.705. The zero-order valence-corrected chi connectivity index (χ0v) is 12.1. The van der Waals surface area contributed by atoms with Crippen LogP contribution in [0.5, 0.6) is 5.75 Å². The molecule has 2 N–H and O–H groups in total. The Labute approximate surface area is 115 Å². The zero-order chi connectivity index (χ0) is 14.1. The fraction of sp³-hybridized carbons (Fsp3) is 0.533. The number of hydrogen-bond acceptors (Lipinski definition) is 3. The van der Waals surface area contributed by atoms with Gasteiger partial charge in [-0.1, -0.05) is 19.1 Å². The largest absolute Gasteiger partial charge is 0.496 e. The molecule has 4 heteroatoms. The van der Waals surface area contributed by atoms with E-state index in [2.05, 4.69) is 29.7 Å². The van der Waals surface area contributed by atoms with Gasteiger partial charge in [-0.25, -0.2) is 0 Å². The van der Waals surface area contributed by atoms with E-state index < -0.39 is 0 Å². The number of amides is 1. The molecule has 1 aromatic rings. The van der Waals surface area contributed by atoms with E-state index in [1.54, 1.807) is 7.11 Å². The normalized spacial score (nSPS) is 10.3. The number of aryl methyl sites for hydroxylation is 1. The highest BCUT2D eigenvalue weighted by atomic mass is 16.5. The summed E-state index contributed by atoms with van der Waals surface area (Å²) < 4.78 is 5.31. The summed E-state index contributed by atoms with van der Waals surface area (Å²) >= 11 is 0. The Hall–Kier alpha value is -1.55. The number of ether oxygens (including phenoxy) is 1. The molecule has 0 radical (unpaired) electrons. The standard InChI is InChI=1S/C15H24N2O2/c1-4-12-7-8-14(19-3)13(10-12)11-17-15(18)6-5-9-16-2/h7-8,10,16H,4-6,9,11H2,1-3H3,(H,17,18). The molecule has 0 heterocycles. The van der Waals surface area contributed by atoms with Crippen LogP contribution in [0.3, 0.4) is 0 Å². The van der Waals surface area contributed by atoms with E-state index in [1.165, 1.54) is 5.56 Å². The molecule has 1 aromatic carbocycles. The number of carbonyl (C=O) groups excluding carboxylic acids is 1. The fourth-order valence-electron chi connectivity index (χ4n) is 1.90. The van der Waals surface area contributed by atoms with Crippen molar-refractivity contribution >= 4 is 5.91 Å². The summed E-state index contributed by atoms with van der Waals surface area (Å²) in [7, 11) is 3.54. The molecule has 0 unspecified atom stereocenters. The molecule has 0 aromatic heterocycles. The molecule has 0 aliphatic rings. The Morgan fingerprint density at radius 2 is 2.16 bits per heavy atom. The maximum Gasteiger partial charge on any atom is 0.220 e. The van der Waals surface area contributed by atoms with Gasteiger partial charge in [-0.2, -0.15) is 0 Å². The summed E-state index contributed by atoms with van der Waals surface area (Å²) in [6.45, 7) is 3.50. The molecule has 0 aliphatic carbocycles. The van der Waals surface area contributed by atoms with Gasteiger partial charge < -0.3 is 15.4 Å². The zero-order valence-electron chi connectivity index (χ0n) is 12.1. The van der Waals surface area contributed by atoms with Crippen LogP contribution in [0, 0.1) is 0 Å². The second-order valence-corrected chi connectivity index (χ2v) is 4.48. The van der Waals surface area contributed by atoms with Crippen LogP contribution in [0.4, 0.5) is 0 Å². The van der Waals surface area contributed by atoms with Crippen molar-refractivity contribution in [3.05, 3.63) is 29.3 Å². The Kier molecular flexibility index (Phi) is 6.97. The first-order chi connectivity index (χ1) is 9.21. The van der Waals surface area contributed by atoms with E-state index in [-0.39, 0.29) is 5.91 Å². The van der Waals surface area contributed by atoms with Crippen LogP contribution in [-0.2, 0) is 17.8 Å². The van der Waals surface area contributed by atoms with Crippen molar-refractivity contribution in [2.75, 3.05) is 20.7 Å². The average molecular weight is 264 g/mol. The summed E-state index contributed by atoms with van der Waals surface area (Å²) in [6, 6.07) is 6.10. The van der Waals surface area contributed by atoms with Crippen molar-refractivity contribution in [2.24, 2.45) is 0 Å². The van der Waals surface area contributed by atoms with E-state index >= 15 is 0 Å². The Bertz CT molecular complexity index is 405. The average Bonchev–Trinajstić information content (AvgIpc) is 2.45. The third-order valence-corrected chi connectivity index (χ3v) is 3.06. The van der Waals surface area contributed by atoms with Crippen LogP contribution < -0.4 is 15.4 Å². The lowest BCUT2D eigenvalue weighted by atomic mass is 10.1. The number of benzene rings is 1. The Morgan fingerprint density at radius 3 is 2.79 bits per heavy atom. The highest BCUT2D eigenvalue weighted by Crippen LogP contribution is 2.20. The fourth-order valence-corrected chi connectivity index (χ4v) is 1.90. The van der Waals surface area contributed by atoms with Gasteiger partial charge in [0.25, 0.3) is 0 Å². The van der Waals surface area contributed by atoms with Crippen molar-refractivity contribution in [3.63, 3.8) is 0 Å². The first-order valence-corrected chi connectivity index (χ1v) is 6.78. The molecule has 1 rings (SSSR count). The van der Waals surface area contributed by atoms with Crippen molar-refractivity contribution in [3.8, 4) is 5.75 Å². The molecule has 0 fully saturated rings. The number of methoxy groups -OCH3 is 1. The summed E-state index contributed by atoms with van der Waals surface area (Å²) in [4.78, 5) is 11.7. The first kappa shape index (κ1) is 15.5. The number of carbonyl (C=O) groups is 1. The van der Waals surface area contributed by atoms with E-state index in [9.17, 15) is 4.79 Å². The molecule has 0 aliphatic heterocycles. The van der Waals surface area contributed by atoms with Crippen LogP contribution in [-0.4, -0.2) is 26.6 Å². The lowest BCUT2D eigenvalue weighted by molar-refractivity contribution is -0.121. The lowest BCUT2D eigenvalue weighted by Gasteiger charge is -2.11. The van der Waals surface area contributed by atoms with E-state index in [0.29, 0.717) is 13.0 Å². The maximum atomic E-state index is 11.7. The molecule has 0 saturated carbocycles. The summed E-state index contributed by atoms with van der Waals surface area (Å²) in [5.41, 5.74) is 2.28. The molecule has 0 atom stereocenters. The van der Waals surface area contributed by atoms with Crippen LogP contribution in [0.15, 0.2) is 18.2 Å². The number of rotatable bonds is 8. The highest BCUT2D eigenvalue weighted by molar-refractivity contribution is 5.75. The van der Waals surface area contributed by atoms with Gasteiger partial charge in [-0.3, -0.25) is 4.79 Å². The van der Waals surface area contributed by atoms with Crippen molar-refractivity contribution in [1.29, 1.82) is 0 Å². The van der Waals surface area contributed by atoms with Gasteiger partial charge in [-0.15, -0.1) is 0 Å². The molecule has 106 valence electrons. The van der Waals surface area contributed by atoms with E-state index in [1.807, 2.05) is 13.1 Å². The van der Waals surface area contributed by atoms with Gasteiger partial charge in [0.05, 0.1) is 7.11 Å². The van der Waals surface area contributed by atoms with Crippen molar-refractivity contribution in [1.82, 2.24) is 10.6 Å². The van der Waals surface area contributed by atoms with Crippen LogP contribution >= 0.6 is 0 Å². The van der Waals surface area contributed by atoms with Gasteiger partial charge >= 0.3 is 0 Å². The Balaban J connectivity index is 2.53. The lowest BCUT2D eigenvalue weighted by Crippen LogP contribution is -2.24.